The van der Waals surface area contributed by atoms with Crippen molar-refractivity contribution >= 4 is 23.6 Å². The van der Waals surface area contributed by atoms with Gasteiger partial charge in [-0.25, -0.2) is 0 Å². The van der Waals surface area contributed by atoms with Gasteiger partial charge in [0.05, 0.1) is 17.7 Å². The number of aromatic nitrogens is 3. The number of thioether (sulfide) groups is 1. The maximum atomic E-state index is 13.0. The molecule has 0 bridgehead atoms. The molecule has 180 valence electrons. The van der Waals surface area contributed by atoms with E-state index in [9.17, 15) is 9.59 Å². The van der Waals surface area contributed by atoms with Gasteiger partial charge in [-0.05, 0) is 43.5 Å². The van der Waals surface area contributed by atoms with Crippen molar-refractivity contribution in [3.05, 3.63) is 48.2 Å². The van der Waals surface area contributed by atoms with E-state index in [0.717, 1.165) is 11.3 Å². The molecule has 0 radical (unpaired) electrons. The van der Waals surface area contributed by atoms with Crippen molar-refractivity contribution in [2.45, 2.75) is 45.3 Å². The molecule has 2 amide bonds. The Hall–Kier alpha value is -3.07. The Labute approximate surface area is 204 Å². The fourth-order valence-corrected chi connectivity index (χ4v) is 5.05. The van der Waals surface area contributed by atoms with Gasteiger partial charge in [0.25, 0.3) is 0 Å². The molecule has 0 aliphatic carbocycles. The minimum Gasteiger partial charge on any atom is -0.461 e. The van der Waals surface area contributed by atoms with Crippen LogP contribution in [0.5, 0.6) is 0 Å². The summed E-state index contributed by atoms with van der Waals surface area (Å²) in [6.45, 7) is 9.81. The van der Waals surface area contributed by atoms with E-state index in [0.29, 0.717) is 48.7 Å². The van der Waals surface area contributed by atoms with E-state index in [1.807, 2.05) is 78.5 Å². The van der Waals surface area contributed by atoms with Gasteiger partial charge >= 0.3 is 0 Å². The summed E-state index contributed by atoms with van der Waals surface area (Å²) < 4.78 is 7.52. The molecule has 1 fully saturated rings. The molecule has 3 aromatic rings. The smallest absolute Gasteiger partial charge is 0.233 e. The van der Waals surface area contributed by atoms with Crippen LogP contribution in [0.15, 0.2) is 52.2 Å². The van der Waals surface area contributed by atoms with E-state index in [1.165, 1.54) is 11.8 Å². The average molecular weight is 482 g/mol. The summed E-state index contributed by atoms with van der Waals surface area (Å²) >= 11 is 1.36. The van der Waals surface area contributed by atoms with Crippen molar-refractivity contribution in [2.24, 2.45) is 5.92 Å². The number of hydrogen-bond donors (Lipinski definition) is 0. The van der Waals surface area contributed by atoms with Gasteiger partial charge in [0.2, 0.25) is 17.6 Å². The minimum absolute atomic E-state index is 0.00938. The largest absolute Gasteiger partial charge is 0.461 e. The molecule has 0 N–H and O–H groups in total. The van der Waals surface area contributed by atoms with Crippen LogP contribution in [-0.2, 0) is 9.59 Å². The van der Waals surface area contributed by atoms with Crippen LogP contribution in [0.2, 0.25) is 0 Å². The summed E-state index contributed by atoms with van der Waals surface area (Å²) in [7, 11) is 0. The molecular weight excluding hydrogens is 450 g/mol. The topological polar surface area (TPSA) is 84.5 Å². The highest BCUT2D eigenvalue weighted by Gasteiger charge is 2.30. The number of carbonyl (C=O) groups is 2. The normalized spacial score (nSPS) is 16.3. The maximum Gasteiger partial charge on any atom is 0.233 e. The Morgan fingerprint density at radius 3 is 2.59 bits per heavy atom. The zero-order valence-electron chi connectivity index (χ0n) is 20.1. The summed E-state index contributed by atoms with van der Waals surface area (Å²) in [6.07, 6.45) is 2.15. The van der Waals surface area contributed by atoms with Crippen molar-refractivity contribution in [1.29, 1.82) is 0 Å². The van der Waals surface area contributed by atoms with Gasteiger partial charge in [-0.15, -0.1) is 10.2 Å². The first-order valence-corrected chi connectivity index (χ1v) is 12.6. The molecule has 9 heteroatoms. The Morgan fingerprint density at radius 1 is 1.12 bits per heavy atom. The number of aryl methyl sites for hydroxylation is 1. The minimum atomic E-state index is 0.00938. The van der Waals surface area contributed by atoms with Gasteiger partial charge < -0.3 is 14.2 Å². The highest BCUT2D eigenvalue weighted by atomic mass is 32.2. The van der Waals surface area contributed by atoms with Crippen LogP contribution in [0.25, 0.3) is 17.3 Å². The Balaban J connectivity index is 1.47. The number of piperazine rings is 1. The monoisotopic (exact) mass is 481 g/mol. The van der Waals surface area contributed by atoms with Gasteiger partial charge in [-0.2, -0.15) is 0 Å². The number of rotatable bonds is 7. The number of furan rings is 1. The van der Waals surface area contributed by atoms with E-state index < -0.39 is 0 Å². The van der Waals surface area contributed by atoms with Crippen molar-refractivity contribution in [3.8, 4) is 17.3 Å². The highest BCUT2D eigenvalue weighted by molar-refractivity contribution is 7.99. The second-order valence-corrected chi connectivity index (χ2v) is 10.0. The Kier molecular flexibility index (Phi) is 7.41. The van der Waals surface area contributed by atoms with Crippen LogP contribution in [0.4, 0.5) is 0 Å². The van der Waals surface area contributed by atoms with Crippen LogP contribution in [0.1, 0.15) is 32.8 Å². The lowest BCUT2D eigenvalue weighted by atomic mass is 10.1. The molecule has 1 saturated heterocycles. The van der Waals surface area contributed by atoms with E-state index in [2.05, 4.69) is 10.2 Å². The summed E-state index contributed by atoms with van der Waals surface area (Å²) in [6, 6.07) is 11.7. The molecule has 0 saturated carbocycles. The first kappa shape index (κ1) is 24.1. The quantitative estimate of drug-likeness (QED) is 0.474. The maximum absolute atomic E-state index is 13.0. The summed E-state index contributed by atoms with van der Waals surface area (Å²) in [5.74, 6) is 1.99. The predicted molar refractivity (Wildman–Crippen MR) is 132 cm³/mol. The first-order valence-electron chi connectivity index (χ1n) is 11.6. The molecule has 0 spiro atoms. The molecule has 1 aliphatic rings. The lowest BCUT2D eigenvalue weighted by molar-refractivity contribution is -0.141. The third kappa shape index (κ3) is 5.19. The van der Waals surface area contributed by atoms with Crippen molar-refractivity contribution in [1.82, 2.24) is 24.6 Å². The highest BCUT2D eigenvalue weighted by Crippen LogP contribution is 2.30. The Bertz CT molecular complexity index is 1140. The number of nitrogens with zero attached hydrogens (tertiary/aromatic N) is 5. The van der Waals surface area contributed by atoms with Gasteiger partial charge in [0.15, 0.2) is 10.9 Å². The molecule has 34 heavy (non-hydrogen) atoms. The van der Waals surface area contributed by atoms with Crippen molar-refractivity contribution in [2.75, 3.05) is 25.4 Å². The third-order valence-electron chi connectivity index (χ3n) is 5.94. The fourth-order valence-electron chi connectivity index (χ4n) is 4.20. The van der Waals surface area contributed by atoms with Crippen molar-refractivity contribution < 1.29 is 14.0 Å². The van der Waals surface area contributed by atoms with Crippen LogP contribution in [-0.4, -0.2) is 67.8 Å². The van der Waals surface area contributed by atoms with Crippen LogP contribution in [0, 0.1) is 12.8 Å². The van der Waals surface area contributed by atoms with Gasteiger partial charge in [-0.1, -0.05) is 43.8 Å². The van der Waals surface area contributed by atoms with E-state index >= 15 is 0 Å². The van der Waals surface area contributed by atoms with Crippen LogP contribution >= 0.6 is 11.8 Å². The molecule has 8 nitrogen and oxygen atoms in total. The second kappa shape index (κ2) is 10.5. The molecule has 1 aliphatic heterocycles. The Morgan fingerprint density at radius 2 is 1.91 bits per heavy atom. The predicted octanol–water partition coefficient (Wildman–Crippen LogP) is 4.03. The van der Waals surface area contributed by atoms with Crippen LogP contribution in [0.3, 0.4) is 0 Å². The lowest BCUT2D eigenvalue weighted by Gasteiger charge is -2.40. The average Bonchev–Trinajstić information content (AvgIpc) is 3.47. The number of para-hydroxylation sites is 1. The lowest BCUT2D eigenvalue weighted by Crippen LogP contribution is -2.55. The molecule has 1 atom stereocenters. The summed E-state index contributed by atoms with van der Waals surface area (Å²) in [5.41, 5.74) is 2.01. The molecule has 1 unspecified atom stereocenters. The molecular formula is C25H31N5O3S. The fraction of sp³-hybridized carbons (Fsp3) is 0.440. The zero-order chi connectivity index (χ0) is 24.2. The number of amides is 2. The molecule has 1 aromatic carbocycles. The number of carbonyl (C=O) groups excluding carboxylic acids is 2. The number of hydrogen-bond acceptors (Lipinski definition) is 6. The van der Waals surface area contributed by atoms with E-state index in [4.69, 9.17) is 4.42 Å². The summed E-state index contributed by atoms with van der Waals surface area (Å²) in [5, 5.41) is 9.37. The second-order valence-electron chi connectivity index (χ2n) is 9.07. The molecule has 3 heterocycles. The first-order chi connectivity index (χ1) is 16.3. The third-order valence-corrected chi connectivity index (χ3v) is 6.85. The zero-order valence-corrected chi connectivity index (χ0v) is 20.9. The van der Waals surface area contributed by atoms with Crippen LogP contribution < -0.4 is 0 Å². The van der Waals surface area contributed by atoms with E-state index in [1.54, 1.807) is 6.26 Å². The molecule has 4 rings (SSSR count). The van der Waals surface area contributed by atoms with Crippen molar-refractivity contribution in [3.63, 3.8) is 0 Å². The van der Waals surface area contributed by atoms with Gasteiger partial charge in [0, 0.05) is 32.1 Å². The van der Waals surface area contributed by atoms with Gasteiger partial charge in [0.1, 0.15) is 0 Å². The summed E-state index contributed by atoms with van der Waals surface area (Å²) in [4.78, 5) is 29.3. The molecule has 2 aromatic heterocycles. The standard InChI is InChI=1S/C25H31N5O3S/c1-17(2)14-22(31)29-12-11-28(15-19(29)4)23(32)16-34-25-27-26-24(21-10-7-13-33-21)30(25)20-9-6-5-8-18(20)3/h5-10,13,17,19H,11-12,14-16H2,1-4H3. The SMILES string of the molecule is Cc1ccccc1-n1c(SCC(=O)N2CCN(C(=O)CC(C)C)C(C)C2)nnc1-c1ccco1. The van der Waals surface area contributed by atoms with Gasteiger partial charge in [-0.3, -0.25) is 14.2 Å². The number of benzene rings is 1. The van der Waals surface area contributed by atoms with E-state index in [-0.39, 0.29) is 23.6 Å².